The third-order valence-corrected chi connectivity index (χ3v) is 1.69. The van der Waals surface area contributed by atoms with Crippen molar-refractivity contribution in [3.63, 3.8) is 0 Å². The van der Waals surface area contributed by atoms with Gasteiger partial charge in [-0.15, -0.1) is 0 Å². The van der Waals surface area contributed by atoms with Gasteiger partial charge in [-0.2, -0.15) is 0 Å². The van der Waals surface area contributed by atoms with Crippen molar-refractivity contribution < 1.29 is 19.4 Å². The number of unbranched alkanes of at least 4 members (excludes halogenated alkanes) is 1. The Morgan fingerprint density at radius 3 is 2.64 bits per heavy atom. The molecule has 0 bridgehead atoms. The second kappa shape index (κ2) is 8.97. The largest absolute Gasteiger partial charge is 0.464 e. The molecule has 0 aromatic carbocycles. The van der Waals surface area contributed by atoms with Crippen LogP contribution in [0.2, 0.25) is 0 Å². The molecule has 84 valence electrons. The van der Waals surface area contributed by atoms with Crippen LogP contribution in [0.25, 0.3) is 0 Å². The van der Waals surface area contributed by atoms with Crippen molar-refractivity contribution in [2.24, 2.45) is 0 Å². The Hall–Kier alpha value is -0.610. The number of carbonyl (C=O) groups is 1. The molecular weight excluding hydrogens is 184 g/mol. The Balaban J connectivity index is 3.34. The molecule has 0 radical (unpaired) electrons. The van der Waals surface area contributed by atoms with E-state index in [1.54, 1.807) is 0 Å². The molecule has 0 amide bonds. The molecule has 0 spiro atoms. The zero-order valence-electron chi connectivity index (χ0n) is 8.99. The van der Waals surface area contributed by atoms with Gasteiger partial charge in [0.25, 0.3) is 0 Å². The van der Waals surface area contributed by atoms with Gasteiger partial charge in [-0.3, -0.25) is 0 Å². The SMILES string of the molecule is CCCCOC(=O)COC(O)CCC. The number of hydrogen-bond acceptors (Lipinski definition) is 4. The van der Waals surface area contributed by atoms with Gasteiger partial charge in [0.2, 0.25) is 0 Å². The molecule has 14 heavy (non-hydrogen) atoms. The predicted molar refractivity (Wildman–Crippen MR) is 52.7 cm³/mol. The van der Waals surface area contributed by atoms with Crippen LogP contribution in [0.3, 0.4) is 0 Å². The van der Waals surface area contributed by atoms with Crippen molar-refractivity contribution in [3.8, 4) is 0 Å². The normalized spacial score (nSPS) is 12.5. The average molecular weight is 204 g/mol. The molecule has 1 atom stereocenters. The van der Waals surface area contributed by atoms with Crippen LogP contribution in [0.5, 0.6) is 0 Å². The first-order valence-corrected chi connectivity index (χ1v) is 5.16. The fourth-order valence-electron chi connectivity index (χ4n) is 0.867. The monoisotopic (exact) mass is 204 g/mol. The minimum atomic E-state index is -0.848. The van der Waals surface area contributed by atoms with Crippen LogP contribution < -0.4 is 0 Å². The fraction of sp³-hybridized carbons (Fsp3) is 0.900. The van der Waals surface area contributed by atoms with E-state index >= 15 is 0 Å². The molecule has 0 aliphatic carbocycles. The molecule has 0 aliphatic rings. The highest BCUT2D eigenvalue weighted by molar-refractivity contribution is 5.70. The molecular formula is C10H20O4. The Morgan fingerprint density at radius 2 is 2.07 bits per heavy atom. The number of hydrogen-bond donors (Lipinski definition) is 1. The summed E-state index contributed by atoms with van der Waals surface area (Å²) in [5.74, 6) is -0.409. The topological polar surface area (TPSA) is 55.8 Å². The molecule has 0 heterocycles. The van der Waals surface area contributed by atoms with Gasteiger partial charge in [-0.25, -0.2) is 4.79 Å². The average Bonchev–Trinajstić information content (AvgIpc) is 2.16. The molecule has 0 saturated carbocycles. The number of ether oxygens (including phenoxy) is 2. The van der Waals surface area contributed by atoms with Gasteiger partial charge >= 0.3 is 5.97 Å². The lowest BCUT2D eigenvalue weighted by atomic mass is 10.3. The highest BCUT2D eigenvalue weighted by Gasteiger charge is 2.07. The van der Waals surface area contributed by atoms with E-state index in [0.29, 0.717) is 13.0 Å². The van der Waals surface area contributed by atoms with E-state index in [2.05, 4.69) is 0 Å². The van der Waals surface area contributed by atoms with Gasteiger partial charge in [0.15, 0.2) is 6.29 Å². The second-order valence-corrected chi connectivity index (χ2v) is 3.13. The molecule has 0 aromatic heterocycles. The lowest BCUT2D eigenvalue weighted by Crippen LogP contribution is -2.19. The molecule has 4 nitrogen and oxygen atoms in total. The van der Waals surface area contributed by atoms with Crippen molar-refractivity contribution >= 4 is 5.97 Å². The molecule has 0 aliphatic heterocycles. The second-order valence-electron chi connectivity index (χ2n) is 3.13. The zero-order valence-corrected chi connectivity index (χ0v) is 8.99. The molecule has 0 fully saturated rings. The van der Waals surface area contributed by atoms with E-state index in [9.17, 15) is 4.79 Å². The first-order chi connectivity index (χ1) is 6.70. The van der Waals surface area contributed by atoms with E-state index in [-0.39, 0.29) is 6.61 Å². The summed E-state index contributed by atoms with van der Waals surface area (Å²) in [6, 6.07) is 0. The van der Waals surface area contributed by atoms with Crippen LogP contribution >= 0.6 is 0 Å². The van der Waals surface area contributed by atoms with Crippen LogP contribution in [-0.4, -0.2) is 30.6 Å². The van der Waals surface area contributed by atoms with Crippen molar-refractivity contribution in [2.45, 2.75) is 45.8 Å². The third kappa shape index (κ3) is 8.01. The Bertz CT molecular complexity index is 147. The van der Waals surface area contributed by atoms with Gasteiger partial charge in [0.1, 0.15) is 6.61 Å². The highest BCUT2D eigenvalue weighted by atomic mass is 16.6. The number of aliphatic hydroxyl groups is 1. The smallest absolute Gasteiger partial charge is 0.332 e. The summed E-state index contributed by atoms with van der Waals surface area (Å²) in [5.41, 5.74) is 0. The summed E-state index contributed by atoms with van der Waals surface area (Å²) in [4.78, 5) is 11.0. The predicted octanol–water partition coefficient (Wildman–Crippen LogP) is 1.46. The first-order valence-electron chi connectivity index (χ1n) is 5.16. The van der Waals surface area contributed by atoms with Gasteiger partial charge in [-0.1, -0.05) is 26.7 Å². The van der Waals surface area contributed by atoms with Crippen LogP contribution in [0.1, 0.15) is 39.5 Å². The zero-order chi connectivity index (χ0) is 10.8. The van der Waals surface area contributed by atoms with Crippen molar-refractivity contribution in [1.82, 2.24) is 0 Å². The molecule has 1 unspecified atom stereocenters. The Kier molecular flexibility index (Phi) is 8.57. The number of esters is 1. The quantitative estimate of drug-likeness (QED) is 0.369. The van der Waals surface area contributed by atoms with Gasteiger partial charge < -0.3 is 14.6 Å². The summed E-state index contributed by atoms with van der Waals surface area (Å²) < 4.78 is 9.69. The molecule has 0 rings (SSSR count). The lowest BCUT2D eigenvalue weighted by molar-refractivity contribution is -0.163. The van der Waals surface area contributed by atoms with Crippen LogP contribution in [-0.2, 0) is 14.3 Å². The maximum absolute atomic E-state index is 11.0. The van der Waals surface area contributed by atoms with Gasteiger partial charge in [0, 0.05) is 0 Å². The van der Waals surface area contributed by atoms with E-state index in [4.69, 9.17) is 14.6 Å². The summed E-state index contributed by atoms with van der Waals surface area (Å²) >= 11 is 0. The van der Waals surface area contributed by atoms with E-state index in [1.165, 1.54) is 0 Å². The lowest BCUT2D eigenvalue weighted by Gasteiger charge is -2.10. The van der Waals surface area contributed by atoms with Crippen LogP contribution in [0.15, 0.2) is 0 Å². The number of carbonyl (C=O) groups excluding carboxylic acids is 1. The van der Waals surface area contributed by atoms with Gasteiger partial charge in [-0.05, 0) is 12.8 Å². The minimum absolute atomic E-state index is 0.162. The standard InChI is InChI=1S/C10H20O4/c1-3-5-7-13-10(12)8-14-9(11)6-4-2/h9,11H,3-8H2,1-2H3. The molecule has 0 saturated heterocycles. The molecule has 0 aromatic rings. The van der Waals surface area contributed by atoms with E-state index in [1.807, 2.05) is 13.8 Å². The first kappa shape index (κ1) is 13.4. The number of aliphatic hydroxyl groups excluding tert-OH is 1. The van der Waals surface area contributed by atoms with Crippen molar-refractivity contribution in [1.29, 1.82) is 0 Å². The number of rotatable bonds is 8. The Labute approximate surface area is 85.2 Å². The summed E-state index contributed by atoms with van der Waals surface area (Å²) in [5, 5.41) is 9.14. The van der Waals surface area contributed by atoms with E-state index in [0.717, 1.165) is 19.3 Å². The van der Waals surface area contributed by atoms with Crippen molar-refractivity contribution in [3.05, 3.63) is 0 Å². The minimum Gasteiger partial charge on any atom is -0.464 e. The Morgan fingerprint density at radius 1 is 1.36 bits per heavy atom. The maximum Gasteiger partial charge on any atom is 0.332 e. The van der Waals surface area contributed by atoms with Crippen LogP contribution in [0.4, 0.5) is 0 Å². The summed E-state index contributed by atoms with van der Waals surface area (Å²) in [6.45, 7) is 4.23. The van der Waals surface area contributed by atoms with Gasteiger partial charge in [0.05, 0.1) is 6.61 Å². The summed E-state index contributed by atoms with van der Waals surface area (Å²) in [6.07, 6.45) is 2.38. The van der Waals surface area contributed by atoms with E-state index < -0.39 is 12.3 Å². The third-order valence-electron chi connectivity index (χ3n) is 1.69. The van der Waals surface area contributed by atoms with Crippen molar-refractivity contribution in [2.75, 3.05) is 13.2 Å². The fourth-order valence-corrected chi connectivity index (χ4v) is 0.867. The highest BCUT2D eigenvalue weighted by Crippen LogP contribution is 1.98. The maximum atomic E-state index is 11.0. The van der Waals surface area contributed by atoms with Crippen LogP contribution in [0, 0.1) is 0 Å². The molecule has 4 heteroatoms. The summed E-state index contributed by atoms with van der Waals surface area (Å²) in [7, 11) is 0. The molecule has 1 N–H and O–H groups in total.